The molecule has 2 heterocycles. The molecule has 0 saturated heterocycles. The number of furan rings is 1. The SMILES string of the molecule is CN(C)C=Nc1ccc(/C=C/c2ccc([N+](=O)[O-])o2)nn1. The lowest BCUT2D eigenvalue weighted by atomic mass is 10.3. The first-order valence-corrected chi connectivity index (χ1v) is 6.01. The van der Waals surface area contributed by atoms with Gasteiger partial charge in [-0.15, -0.1) is 10.2 Å². The molecule has 0 aliphatic carbocycles. The minimum Gasteiger partial charge on any atom is -0.401 e. The molecule has 0 aromatic carbocycles. The first-order chi connectivity index (χ1) is 10.0. The molecule has 108 valence electrons. The highest BCUT2D eigenvalue weighted by Gasteiger charge is 2.09. The van der Waals surface area contributed by atoms with Crippen LogP contribution in [0.5, 0.6) is 0 Å². The smallest absolute Gasteiger partial charge is 0.401 e. The van der Waals surface area contributed by atoms with Crippen LogP contribution in [0.25, 0.3) is 12.2 Å². The monoisotopic (exact) mass is 287 g/mol. The number of nitro groups is 1. The Kier molecular flexibility index (Phi) is 4.39. The van der Waals surface area contributed by atoms with Gasteiger partial charge in [0.2, 0.25) is 0 Å². The van der Waals surface area contributed by atoms with E-state index in [2.05, 4.69) is 15.2 Å². The average molecular weight is 287 g/mol. The van der Waals surface area contributed by atoms with Crippen LogP contribution in [-0.2, 0) is 0 Å². The minimum atomic E-state index is -0.589. The highest BCUT2D eigenvalue weighted by Crippen LogP contribution is 2.17. The second-order valence-corrected chi connectivity index (χ2v) is 4.29. The summed E-state index contributed by atoms with van der Waals surface area (Å²) in [6.07, 6.45) is 4.86. The van der Waals surface area contributed by atoms with Gasteiger partial charge in [-0.2, -0.15) is 0 Å². The van der Waals surface area contributed by atoms with E-state index in [0.29, 0.717) is 17.3 Å². The number of aromatic nitrogens is 2. The second-order valence-electron chi connectivity index (χ2n) is 4.29. The van der Waals surface area contributed by atoms with Crippen LogP contribution in [0.4, 0.5) is 11.7 Å². The molecule has 0 aliphatic rings. The molecule has 2 aromatic rings. The summed E-state index contributed by atoms with van der Waals surface area (Å²) >= 11 is 0. The van der Waals surface area contributed by atoms with Crippen LogP contribution in [0, 0.1) is 10.1 Å². The predicted octanol–water partition coefficient (Wildman–Crippen LogP) is 2.37. The normalized spacial score (nSPS) is 11.3. The third-order valence-corrected chi connectivity index (χ3v) is 2.30. The molecule has 0 radical (unpaired) electrons. The van der Waals surface area contributed by atoms with Gasteiger partial charge in [-0.25, -0.2) is 4.99 Å². The highest BCUT2D eigenvalue weighted by atomic mass is 16.6. The lowest BCUT2D eigenvalue weighted by molar-refractivity contribution is -0.402. The van der Waals surface area contributed by atoms with Gasteiger partial charge < -0.3 is 9.32 Å². The van der Waals surface area contributed by atoms with Crippen LogP contribution in [0.2, 0.25) is 0 Å². The Morgan fingerprint density at radius 2 is 2.05 bits per heavy atom. The molecule has 2 aromatic heterocycles. The summed E-state index contributed by atoms with van der Waals surface area (Å²) in [5.41, 5.74) is 0.595. The van der Waals surface area contributed by atoms with Gasteiger partial charge in [0.25, 0.3) is 0 Å². The van der Waals surface area contributed by atoms with Gasteiger partial charge >= 0.3 is 5.88 Å². The van der Waals surface area contributed by atoms with E-state index in [9.17, 15) is 10.1 Å². The van der Waals surface area contributed by atoms with E-state index < -0.39 is 4.92 Å². The molecule has 0 amide bonds. The predicted molar refractivity (Wildman–Crippen MR) is 78.2 cm³/mol. The zero-order valence-corrected chi connectivity index (χ0v) is 11.5. The molecular weight excluding hydrogens is 274 g/mol. The van der Waals surface area contributed by atoms with Gasteiger partial charge in [-0.3, -0.25) is 10.1 Å². The molecule has 0 N–H and O–H groups in total. The van der Waals surface area contributed by atoms with Gasteiger partial charge in [0.1, 0.15) is 10.7 Å². The van der Waals surface area contributed by atoms with E-state index in [1.807, 2.05) is 14.1 Å². The van der Waals surface area contributed by atoms with Crippen molar-refractivity contribution in [3.05, 3.63) is 45.8 Å². The maximum Gasteiger partial charge on any atom is 0.433 e. The van der Waals surface area contributed by atoms with Crippen LogP contribution in [0.1, 0.15) is 11.5 Å². The third kappa shape index (κ3) is 4.23. The van der Waals surface area contributed by atoms with Crippen molar-refractivity contribution in [2.75, 3.05) is 14.1 Å². The molecule has 0 atom stereocenters. The number of hydrogen-bond acceptors (Lipinski definition) is 6. The average Bonchev–Trinajstić information content (AvgIpc) is 2.93. The van der Waals surface area contributed by atoms with Crippen LogP contribution < -0.4 is 0 Å². The molecule has 8 nitrogen and oxygen atoms in total. The zero-order valence-electron chi connectivity index (χ0n) is 11.5. The van der Waals surface area contributed by atoms with Crippen molar-refractivity contribution in [3.63, 3.8) is 0 Å². The summed E-state index contributed by atoms with van der Waals surface area (Å²) in [7, 11) is 3.72. The van der Waals surface area contributed by atoms with E-state index >= 15 is 0 Å². The highest BCUT2D eigenvalue weighted by molar-refractivity contribution is 5.66. The van der Waals surface area contributed by atoms with Crippen LogP contribution in [0.15, 0.2) is 33.7 Å². The standard InChI is InChI=1S/C13H13N5O3/c1-17(2)9-14-12-7-4-10(15-16-12)3-5-11-6-8-13(21-11)18(19)20/h3-9H,1-2H3/b5-3+,14-9?. The minimum absolute atomic E-state index is 0.297. The quantitative estimate of drug-likeness (QED) is 0.362. The van der Waals surface area contributed by atoms with Crippen molar-refractivity contribution < 1.29 is 9.34 Å². The molecule has 8 heteroatoms. The molecule has 21 heavy (non-hydrogen) atoms. The molecule has 0 saturated carbocycles. The maximum atomic E-state index is 10.5. The molecule has 0 spiro atoms. The van der Waals surface area contributed by atoms with Crippen molar-refractivity contribution >= 4 is 30.2 Å². The first-order valence-electron chi connectivity index (χ1n) is 6.01. The molecule has 2 rings (SSSR count). The Morgan fingerprint density at radius 3 is 2.62 bits per heavy atom. The Balaban J connectivity index is 2.05. The number of nitrogens with zero attached hydrogens (tertiary/aromatic N) is 5. The van der Waals surface area contributed by atoms with Gasteiger partial charge in [0, 0.05) is 14.1 Å². The van der Waals surface area contributed by atoms with Crippen molar-refractivity contribution in [2.45, 2.75) is 0 Å². The Morgan fingerprint density at radius 1 is 1.24 bits per heavy atom. The van der Waals surface area contributed by atoms with Crippen LogP contribution >= 0.6 is 0 Å². The van der Waals surface area contributed by atoms with E-state index in [1.54, 1.807) is 35.5 Å². The fourth-order valence-corrected chi connectivity index (χ4v) is 1.37. The van der Waals surface area contributed by atoms with Gasteiger partial charge in [-0.05, 0) is 30.4 Å². The Labute approximate surface area is 120 Å². The molecule has 0 unspecified atom stereocenters. The largest absolute Gasteiger partial charge is 0.433 e. The summed E-state index contributed by atoms with van der Waals surface area (Å²) in [5.74, 6) is 0.571. The van der Waals surface area contributed by atoms with E-state index in [4.69, 9.17) is 4.42 Å². The lowest BCUT2D eigenvalue weighted by Gasteiger charge is -2.01. The van der Waals surface area contributed by atoms with E-state index in [0.717, 1.165) is 0 Å². The van der Waals surface area contributed by atoms with Crippen LogP contribution in [0.3, 0.4) is 0 Å². The van der Waals surface area contributed by atoms with Crippen molar-refractivity contribution in [1.82, 2.24) is 15.1 Å². The number of hydrogen-bond donors (Lipinski definition) is 0. The van der Waals surface area contributed by atoms with Gasteiger partial charge in [-0.1, -0.05) is 0 Å². The van der Waals surface area contributed by atoms with Crippen molar-refractivity contribution in [1.29, 1.82) is 0 Å². The third-order valence-electron chi connectivity index (χ3n) is 2.30. The summed E-state index contributed by atoms with van der Waals surface area (Å²) in [6, 6.07) is 6.27. The van der Waals surface area contributed by atoms with Gasteiger partial charge in [0.05, 0.1) is 18.1 Å². The molecule has 0 fully saturated rings. The first kappa shape index (κ1) is 14.4. The Bertz CT molecular complexity index is 673. The maximum absolute atomic E-state index is 10.5. The summed E-state index contributed by atoms with van der Waals surface area (Å²) in [5, 5.41) is 18.4. The molecule has 0 bridgehead atoms. The van der Waals surface area contributed by atoms with Gasteiger partial charge in [0.15, 0.2) is 5.82 Å². The molecule has 0 aliphatic heterocycles. The van der Waals surface area contributed by atoms with Crippen molar-refractivity contribution in [3.8, 4) is 0 Å². The summed E-state index contributed by atoms with van der Waals surface area (Å²) in [4.78, 5) is 15.8. The fourth-order valence-electron chi connectivity index (χ4n) is 1.37. The second kappa shape index (κ2) is 6.42. The fraction of sp³-hybridized carbons (Fsp3) is 0.154. The summed E-state index contributed by atoms with van der Waals surface area (Å²) < 4.78 is 4.99. The summed E-state index contributed by atoms with van der Waals surface area (Å²) in [6.45, 7) is 0. The number of rotatable bonds is 5. The van der Waals surface area contributed by atoms with Crippen LogP contribution in [-0.4, -0.2) is 40.5 Å². The van der Waals surface area contributed by atoms with E-state index in [1.165, 1.54) is 12.1 Å². The zero-order chi connectivity index (χ0) is 15.2. The topological polar surface area (TPSA) is 97.7 Å². The Hall–Kier alpha value is -3.03. The van der Waals surface area contributed by atoms with Crippen molar-refractivity contribution in [2.24, 2.45) is 4.99 Å². The lowest BCUT2D eigenvalue weighted by Crippen LogP contribution is -2.07. The molecular formula is C13H13N5O3. The number of aliphatic imine (C=N–C) groups is 1. The van der Waals surface area contributed by atoms with E-state index in [-0.39, 0.29) is 5.88 Å².